The topological polar surface area (TPSA) is 113 Å². The summed E-state index contributed by atoms with van der Waals surface area (Å²) < 4.78 is 0. The normalized spacial score (nSPS) is 13.4. The van der Waals surface area contributed by atoms with Crippen LogP contribution in [-0.2, 0) is 24.0 Å². The van der Waals surface area contributed by atoms with E-state index in [1.807, 2.05) is 0 Å². The summed E-state index contributed by atoms with van der Waals surface area (Å²) in [6.07, 6.45) is 4.62. The maximum Gasteiger partial charge on any atom is 0.253 e. The Hall–Kier alpha value is -2.51. The molecule has 0 aromatic heterocycles. The lowest BCUT2D eigenvalue weighted by atomic mass is 10.2. The Labute approximate surface area is 127 Å². The second-order valence-corrected chi connectivity index (χ2v) is 4.69. The Morgan fingerprint density at radius 3 is 2.09 bits per heavy atom. The molecule has 1 heterocycles. The van der Waals surface area contributed by atoms with Crippen LogP contribution < -0.4 is 10.6 Å². The molecule has 0 atom stereocenters. The highest BCUT2D eigenvalue weighted by Gasteiger charge is 2.22. The first-order valence-corrected chi connectivity index (χ1v) is 7.05. The minimum Gasteiger partial charge on any atom is -0.354 e. The zero-order valence-corrected chi connectivity index (χ0v) is 12.2. The number of amides is 4. The molecule has 0 unspecified atom stereocenters. The van der Waals surface area contributed by atoms with Crippen molar-refractivity contribution in [2.45, 2.75) is 25.7 Å². The Morgan fingerprint density at radius 1 is 1.00 bits per heavy atom. The fourth-order valence-corrected chi connectivity index (χ4v) is 1.86. The molecule has 120 valence electrons. The molecular formula is C14H19N3O5. The van der Waals surface area contributed by atoms with Gasteiger partial charge in [-0.3, -0.25) is 24.1 Å². The molecule has 1 rings (SSSR count). The SMILES string of the molecule is O=CCNC(=O)CCCCC(=O)NCCN1C(=O)C=CC1=O. The van der Waals surface area contributed by atoms with Crippen LogP contribution in [0.4, 0.5) is 0 Å². The highest BCUT2D eigenvalue weighted by molar-refractivity contribution is 6.12. The summed E-state index contributed by atoms with van der Waals surface area (Å²) in [5, 5.41) is 5.02. The van der Waals surface area contributed by atoms with E-state index in [1.165, 1.54) is 12.2 Å². The number of aldehydes is 1. The predicted octanol–water partition coefficient (Wildman–Crippen LogP) is -1.10. The third-order valence-corrected chi connectivity index (χ3v) is 3.00. The molecule has 1 aliphatic rings. The minimum absolute atomic E-state index is 0.00210. The van der Waals surface area contributed by atoms with Crippen LogP contribution in [0.3, 0.4) is 0 Å². The summed E-state index contributed by atoms with van der Waals surface area (Å²) in [5.41, 5.74) is 0. The van der Waals surface area contributed by atoms with E-state index in [9.17, 15) is 24.0 Å². The maximum atomic E-state index is 11.5. The molecule has 8 nitrogen and oxygen atoms in total. The van der Waals surface area contributed by atoms with Gasteiger partial charge in [0.15, 0.2) is 0 Å². The van der Waals surface area contributed by atoms with Gasteiger partial charge in [0, 0.05) is 38.1 Å². The molecule has 0 saturated heterocycles. The van der Waals surface area contributed by atoms with Gasteiger partial charge in [0.1, 0.15) is 6.29 Å². The Balaban J connectivity index is 2.04. The van der Waals surface area contributed by atoms with Gasteiger partial charge in [-0.15, -0.1) is 0 Å². The average Bonchev–Trinajstić information content (AvgIpc) is 2.81. The highest BCUT2D eigenvalue weighted by atomic mass is 16.2. The van der Waals surface area contributed by atoms with Crippen molar-refractivity contribution in [2.75, 3.05) is 19.6 Å². The third-order valence-electron chi connectivity index (χ3n) is 3.00. The summed E-state index contributed by atoms with van der Waals surface area (Å²) >= 11 is 0. The van der Waals surface area contributed by atoms with Crippen LogP contribution in [0.15, 0.2) is 12.2 Å². The molecule has 0 bridgehead atoms. The lowest BCUT2D eigenvalue weighted by Gasteiger charge is -2.13. The number of hydrogen-bond donors (Lipinski definition) is 2. The first-order valence-electron chi connectivity index (χ1n) is 7.05. The molecule has 0 fully saturated rings. The Kier molecular flexibility index (Phi) is 7.52. The van der Waals surface area contributed by atoms with Gasteiger partial charge in [0.2, 0.25) is 11.8 Å². The molecule has 4 amide bonds. The first kappa shape index (κ1) is 17.5. The van der Waals surface area contributed by atoms with E-state index in [1.54, 1.807) is 0 Å². The van der Waals surface area contributed by atoms with Gasteiger partial charge in [-0.1, -0.05) is 0 Å². The van der Waals surface area contributed by atoms with Crippen molar-refractivity contribution in [1.29, 1.82) is 0 Å². The largest absolute Gasteiger partial charge is 0.354 e. The van der Waals surface area contributed by atoms with Gasteiger partial charge in [-0.05, 0) is 12.8 Å². The smallest absolute Gasteiger partial charge is 0.253 e. The van der Waals surface area contributed by atoms with Crippen LogP contribution in [0.5, 0.6) is 0 Å². The van der Waals surface area contributed by atoms with Crippen LogP contribution in [0.2, 0.25) is 0 Å². The Morgan fingerprint density at radius 2 is 1.55 bits per heavy atom. The van der Waals surface area contributed by atoms with Gasteiger partial charge in [0.05, 0.1) is 6.54 Å². The molecule has 0 aromatic carbocycles. The molecule has 1 aliphatic heterocycles. The van der Waals surface area contributed by atoms with Gasteiger partial charge in [0.25, 0.3) is 11.8 Å². The number of imide groups is 1. The van der Waals surface area contributed by atoms with Crippen molar-refractivity contribution in [3.8, 4) is 0 Å². The lowest BCUT2D eigenvalue weighted by molar-refractivity contribution is -0.137. The van der Waals surface area contributed by atoms with Crippen LogP contribution in [-0.4, -0.2) is 54.4 Å². The number of rotatable bonds is 10. The van der Waals surface area contributed by atoms with E-state index in [-0.39, 0.29) is 56.1 Å². The minimum atomic E-state index is -0.374. The molecule has 8 heteroatoms. The summed E-state index contributed by atoms with van der Waals surface area (Å²) in [6, 6.07) is 0. The summed E-state index contributed by atoms with van der Waals surface area (Å²) in [7, 11) is 0. The molecule has 2 N–H and O–H groups in total. The molecule has 0 aromatic rings. The average molecular weight is 309 g/mol. The first-order chi connectivity index (χ1) is 10.5. The van der Waals surface area contributed by atoms with Crippen LogP contribution in [0.25, 0.3) is 0 Å². The highest BCUT2D eigenvalue weighted by Crippen LogP contribution is 2.02. The quantitative estimate of drug-likeness (QED) is 0.302. The van der Waals surface area contributed by atoms with Crippen LogP contribution in [0.1, 0.15) is 25.7 Å². The van der Waals surface area contributed by atoms with Gasteiger partial charge in [-0.2, -0.15) is 0 Å². The van der Waals surface area contributed by atoms with Gasteiger partial charge in [-0.25, -0.2) is 0 Å². The van der Waals surface area contributed by atoms with E-state index in [2.05, 4.69) is 10.6 Å². The predicted molar refractivity (Wildman–Crippen MR) is 76.4 cm³/mol. The number of carbonyl (C=O) groups excluding carboxylic acids is 5. The van der Waals surface area contributed by atoms with E-state index in [0.717, 1.165) is 4.90 Å². The standard InChI is InChI=1S/C14H19N3O5/c18-10-8-16-12(20)4-2-1-3-11(19)15-7-9-17-13(21)5-6-14(17)22/h5-6,10H,1-4,7-9H2,(H,15,19)(H,16,20). The van der Waals surface area contributed by atoms with Crippen molar-refractivity contribution in [2.24, 2.45) is 0 Å². The molecule has 22 heavy (non-hydrogen) atoms. The number of hydrogen-bond acceptors (Lipinski definition) is 5. The van der Waals surface area contributed by atoms with Crippen molar-refractivity contribution in [3.63, 3.8) is 0 Å². The fourth-order valence-electron chi connectivity index (χ4n) is 1.86. The van der Waals surface area contributed by atoms with E-state index < -0.39 is 0 Å². The molecule has 0 saturated carbocycles. The zero-order chi connectivity index (χ0) is 16.4. The number of carbonyl (C=O) groups is 5. The second kappa shape index (κ2) is 9.43. The van der Waals surface area contributed by atoms with Crippen LogP contribution >= 0.6 is 0 Å². The summed E-state index contributed by atoms with van der Waals surface area (Å²) in [4.78, 5) is 56.3. The van der Waals surface area contributed by atoms with E-state index in [4.69, 9.17) is 0 Å². The van der Waals surface area contributed by atoms with Gasteiger partial charge < -0.3 is 15.4 Å². The third kappa shape index (κ3) is 6.29. The molecular weight excluding hydrogens is 290 g/mol. The fraction of sp³-hybridized carbons (Fsp3) is 0.500. The van der Waals surface area contributed by atoms with E-state index in [0.29, 0.717) is 19.1 Å². The molecule has 0 aliphatic carbocycles. The number of unbranched alkanes of at least 4 members (excludes halogenated alkanes) is 1. The van der Waals surface area contributed by atoms with Crippen molar-refractivity contribution in [1.82, 2.24) is 15.5 Å². The summed E-state index contributed by atoms with van der Waals surface area (Å²) in [6.45, 7) is 0.352. The number of nitrogens with zero attached hydrogens (tertiary/aromatic N) is 1. The van der Waals surface area contributed by atoms with E-state index >= 15 is 0 Å². The van der Waals surface area contributed by atoms with Crippen molar-refractivity contribution in [3.05, 3.63) is 12.2 Å². The molecule has 0 radical (unpaired) electrons. The van der Waals surface area contributed by atoms with Crippen molar-refractivity contribution < 1.29 is 24.0 Å². The maximum absolute atomic E-state index is 11.5. The lowest BCUT2D eigenvalue weighted by Crippen LogP contribution is -2.38. The number of nitrogens with one attached hydrogen (secondary N) is 2. The summed E-state index contributed by atoms with van der Waals surface area (Å²) in [5.74, 6) is -1.16. The zero-order valence-electron chi connectivity index (χ0n) is 12.2. The Bertz CT molecular complexity index is 469. The van der Waals surface area contributed by atoms with Crippen molar-refractivity contribution >= 4 is 29.9 Å². The molecule has 0 spiro atoms. The van der Waals surface area contributed by atoms with Crippen LogP contribution in [0, 0.1) is 0 Å². The van der Waals surface area contributed by atoms with Gasteiger partial charge >= 0.3 is 0 Å². The monoisotopic (exact) mass is 309 g/mol. The second-order valence-electron chi connectivity index (χ2n) is 4.69.